The standard InChI is InChI=1S/C26H24F3NO2S/c1-16(30-25(32)18-5-6-18)19-7-8-24(20-9-10-33-15-20)21(13-19)14-23(31)12-17-3-2-4-22(11-17)26(27,28)29/h2-4,7-11,13,15-16,18H,5-6,12,14H2,1H3,(H,30,32). The fourth-order valence-corrected chi connectivity index (χ4v) is 4.50. The first-order valence-corrected chi connectivity index (χ1v) is 11.8. The lowest BCUT2D eigenvalue weighted by atomic mass is 9.92. The molecule has 1 aliphatic carbocycles. The highest BCUT2D eigenvalue weighted by molar-refractivity contribution is 7.08. The smallest absolute Gasteiger partial charge is 0.349 e. The molecule has 1 atom stereocenters. The zero-order valence-electron chi connectivity index (χ0n) is 18.1. The van der Waals surface area contributed by atoms with Gasteiger partial charge in [-0.1, -0.05) is 36.4 Å². The van der Waals surface area contributed by atoms with Crippen LogP contribution in [0.25, 0.3) is 11.1 Å². The number of nitrogens with one attached hydrogen (secondary N) is 1. The molecule has 0 bridgehead atoms. The molecule has 1 N–H and O–H groups in total. The van der Waals surface area contributed by atoms with Crippen LogP contribution >= 0.6 is 11.3 Å². The van der Waals surface area contributed by atoms with Crippen LogP contribution < -0.4 is 5.32 Å². The molecular weight excluding hydrogens is 447 g/mol. The van der Waals surface area contributed by atoms with Gasteiger partial charge in [0.1, 0.15) is 5.78 Å². The largest absolute Gasteiger partial charge is 0.416 e. The summed E-state index contributed by atoms with van der Waals surface area (Å²) in [7, 11) is 0. The molecule has 172 valence electrons. The number of rotatable bonds is 8. The number of alkyl halides is 3. The Morgan fingerprint density at radius 2 is 1.88 bits per heavy atom. The topological polar surface area (TPSA) is 46.2 Å². The van der Waals surface area contributed by atoms with Crippen molar-refractivity contribution >= 4 is 23.0 Å². The third-order valence-electron chi connectivity index (χ3n) is 5.81. The summed E-state index contributed by atoms with van der Waals surface area (Å²) in [6.07, 6.45) is -2.58. The Labute approximate surface area is 194 Å². The number of Topliss-reactive ketones (excluding diaryl/α,β-unsaturated/α-hetero) is 1. The molecule has 0 saturated heterocycles. The van der Waals surface area contributed by atoms with Crippen LogP contribution in [0, 0.1) is 5.92 Å². The van der Waals surface area contributed by atoms with Crippen LogP contribution in [0.2, 0.25) is 0 Å². The van der Waals surface area contributed by atoms with E-state index in [1.165, 1.54) is 6.07 Å². The number of halogens is 3. The van der Waals surface area contributed by atoms with Crippen molar-refractivity contribution in [3.8, 4) is 11.1 Å². The SMILES string of the molecule is CC(NC(=O)C1CC1)c1ccc(-c2ccsc2)c(CC(=O)Cc2cccc(C(F)(F)F)c2)c1. The maximum absolute atomic E-state index is 13.0. The van der Waals surface area contributed by atoms with Crippen LogP contribution in [0.5, 0.6) is 0 Å². The number of carbonyl (C=O) groups excluding carboxylic acids is 2. The van der Waals surface area contributed by atoms with Crippen molar-refractivity contribution < 1.29 is 22.8 Å². The van der Waals surface area contributed by atoms with Crippen molar-refractivity contribution in [1.82, 2.24) is 5.32 Å². The number of carbonyl (C=O) groups is 2. The molecule has 0 radical (unpaired) electrons. The van der Waals surface area contributed by atoms with Gasteiger partial charge in [0.2, 0.25) is 5.91 Å². The lowest BCUT2D eigenvalue weighted by molar-refractivity contribution is -0.137. The molecule has 3 aromatic rings. The van der Waals surface area contributed by atoms with Gasteiger partial charge in [-0.2, -0.15) is 24.5 Å². The van der Waals surface area contributed by atoms with Gasteiger partial charge in [-0.05, 0) is 70.5 Å². The highest BCUT2D eigenvalue weighted by Crippen LogP contribution is 2.32. The van der Waals surface area contributed by atoms with Gasteiger partial charge < -0.3 is 5.32 Å². The van der Waals surface area contributed by atoms with E-state index in [0.717, 1.165) is 47.2 Å². The first kappa shape index (κ1) is 23.2. The highest BCUT2D eigenvalue weighted by Gasteiger charge is 2.31. The molecule has 0 spiro atoms. The van der Waals surface area contributed by atoms with E-state index in [1.807, 2.05) is 41.9 Å². The lowest BCUT2D eigenvalue weighted by Crippen LogP contribution is -2.28. The summed E-state index contributed by atoms with van der Waals surface area (Å²) in [5, 5.41) is 6.97. The van der Waals surface area contributed by atoms with Gasteiger partial charge in [-0.15, -0.1) is 0 Å². The minimum Gasteiger partial charge on any atom is -0.349 e. The van der Waals surface area contributed by atoms with E-state index >= 15 is 0 Å². The predicted octanol–water partition coefficient (Wildman–Crippen LogP) is 6.38. The molecule has 1 amide bonds. The second-order valence-electron chi connectivity index (χ2n) is 8.52. The van der Waals surface area contributed by atoms with Gasteiger partial charge in [-0.25, -0.2) is 0 Å². The van der Waals surface area contributed by atoms with E-state index in [0.29, 0.717) is 5.56 Å². The maximum Gasteiger partial charge on any atom is 0.416 e. The Hall–Kier alpha value is -2.93. The molecule has 7 heteroatoms. The van der Waals surface area contributed by atoms with Gasteiger partial charge in [0.15, 0.2) is 0 Å². The van der Waals surface area contributed by atoms with E-state index < -0.39 is 11.7 Å². The molecule has 33 heavy (non-hydrogen) atoms. The molecule has 1 aromatic heterocycles. The fourth-order valence-electron chi connectivity index (χ4n) is 3.85. The number of amides is 1. The van der Waals surface area contributed by atoms with Crippen LogP contribution in [0.3, 0.4) is 0 Å². The quantitative estimate of drug-likeness (QED) is 0.415. The van der Waals surface area contributed by atoms with Crippen LogP contribution in [0.4, 0.5) is 13.2 Å². The van der Waals surface area contributed by atoms with Crippen LogP contribution in [-0.2, 0) is 28.6 Å². The molecule has 1 saturated carbocycles. The summed E-state index contributed by atoms with van der Waals surface area (Å²) in [6.45, 7) is 1.91. The second kappa shape index (κ2) is 9.51. The minimum atomic E-state index is -4.44. The highest BCUT2D eigenvalue weighted by atomic mass is 32.1. The Morgan fingerprint density at radius 1 is 1.09 bits per heavy atom. The van der Waals surface area contributed by atoms with Crippen molar-refractivity contribution in [3.63, 3.8) is 0 Å². The maximum atomic E-state index is 13.0. The fraction of sp³-hybridized carbons (Fsp3) is 0.308. The first-order valence-electron chi connectivity index (χ1n) is 10.8. The lowest BCUT2D eigenvalue weighted by Gasteiger charge is -2.17. The number of hydrogen-bond acceptors (Lipinski definition) is 3. The Morgan fingerprint density at radius 3 is 2.55 bits per heavy atom. The Kier molecular flexibility index (Phi) is 6.70. The van der Waals surface area contributed by atoms with E-state index in [2.05, 4.69) is 5.32 Å². The first-order chi connectivity index (χ1) is 15.7. The van der Waals surface area contributed by atoms with E-state index in [1.54, 1.807) is 17.4 Å². The summed E-state index contributed by atoms with van der Waals surface area (Å²) >= 11 is 1.55. The van der Waals surface area contributed by atoms with E-state index in [9.17, 15) is 22.8 Å². The van der Waals surface area contributed by atoms with E-state index in [-0.39, 0.29) is 36.5 Å². The van der Waals surface area contributed by atoms with Gasteiger partial charge in [0, 0.05) is 18.8 Å². The van der Waals surface area contributed by atoms with Crippen LogP contribution in [-0.4, -0.2) is 11.7 Å². The predicted molar refractivity (Wildman–Crippen MR) is 123 cm³/mol. The van der Waals surface area contributed by atoms with Gasteiger partial charge in [0.05, 0.1) is 11.6 Å². The minimum absolute atomic E-state index is 0.0478. The normalized spacial score (nSPS) is 14.7. The van der Waals surface area contributed by atoms with Crippen LogP contribution in [0.1, 0.15) is 48.1 Å². The molecule has 1 unspecified atom stereocenters. The zero-order chi connectivity index (χ0) is 23.6. The van der Waals surface area contributed by atoms with Crippen molar-refractivity contribution in [2.45, 2.75) is 44.8 Å². The molecule has 0 aliphatic heterocycles. The second-order valence-corrected chi connectivity index (χ2v) is 9.30. The van der Waals surface area contributed by atoms with Crippen molar-refractivity contribution in [2.75, 3.05) is 0 Å². The van der Waals surface area contributed by atoms with Gasteiger partial charge in [-0.3, -0.25) is 9.59 Å². The molecule has 3 nitrogen and oxygen atoms in total. The Bertz CT molecular complexity index is 1150. The number of thiophene rings is 1. The summed E-state index contributed by atoms with van der Waals surface area (Å²) < 4.78 is 39.0. The molecular formula is C26H24F3NO2S. The Balaban J connectivity index is 1.55. The third kappa shape index (κ3) is 5.90. The number of benzene rings is 2. The average Bonchev–Trinajstić information content (AvgIpc) is 3.48. The van der Waals surface area contributed by atoms with Crippen molar-refractivity contribution in [2.24, 2.45) is 5.92 Å². The van der Waals surface area contributed by atoms with E-state index in [4.69, 9.17) is 0 Å². The van der Waals surface area contributed by atoms with Gasteiger partial charge in [0.25, 0.3) is 0 Å². The molecule has 1 aliphatic rings. The van der Waals surface area contributed by atoms with Crippen molar-refractivity contribution in [3.05, 3.63) is 81.5 Å². The molecule has 4 rings (SSSR count). The van der Waals surface area contributed by atoms with Crippen molar-refractivity contribution in [1.29, 1.82) is 0 Å². The average molecular weight is 472 g/mol. The summed E-state index contributed by atoms with van der Waals surface area (Å²) in [5.74, 6) is -0.0183. The summed E-state index contributed by atoms with van der Waals surface area (Å²) in [6, 6.07) is 12.5. The number of hydrogen-bond donors (Lipinski definition) is 1. The van der Waals surface area contributed by atoms with Crippen LogP contribution in [0.15, 0.2) is 59.3 Å². The molecule has 1 heterocycles. The summed E-state index contributed by atoms with van der Waals surface area (Å²) in [5.41, 5.74) is 3.18. The molecule has 2 aromatic carbocycles. The molecule has 1 fully saturated rings. The number of ketones is 1. The van der Waals surface area contributed by atoms with Gasteiger partial charge >= 0.3 is 6.18 Å². The third-order valence-corrected chi connectivity index (χ3v) is 6.49. The zero-order valence-corrected chi connectivity index (χ0v) is 18.9. The monoisotopic (exact) mass is 471 g/mol. The summed E-state index contributed by atoms with van der Waals surface area (Å²) in [4.78, 5) is 25.0.